The average molecular weight is 386 g/mol. The molecule has 0 bridgehead atoms. The highest BCUT2D eigenvalue weighted by atomic mass is 35.5. The molecule has 1 atom stereocenters. The molecule has 0 N–H and O–H groups in total. The van der Waals surface area contributed by atoms with E-state index in [0.29, 0.717) is 24.4 Å². The van der Waals surface area contributed by atoms with Crippen LogP contribution in [0.5, 0.6) is 6.01 Å². The normalized spacial score (nSPS) is 18.9. The third-order valence-corrected chi connectivity index (χ3v) is 5.89. The van der Waals surface area contributed by atoms with Crippen molar-refractivity contribution < 1.29 is 17.5 Å². The number of rotatable bonds is 5. The van der Waals surface area contributed by atoms with Crippen molar-refractivity contribution in [3.63, 3.8) is 0 Å². The van der Waals surface area contributed by atoms with Crippen molar-refractivity contribution in [2.75, 3.05) is 13.1 Å². The first-order chi connectivity index (χ1) is 11.9. The van der Waals surface area contributed by atoms with E-state index in [1.54, 1.807) is 6.07 Å². The maximum absolute atomic E-state index is 13.7. The molecular weight excluding hydrogens is 369 g/mol. The number of hydrogen-bond donors (Lipinski definition) is 0. The molecule has 6 nitrogen and oxygen atoms in total. The van der Waals surface area contributed by atoms with E-state index in [1.807, 2.05) is 0 Å². The molecule has 9 heteroatoms. The molecule has 0 unspecified atom stereocenters. The standard InChI is InChI=1S/C16H17ClFN3O3S/c17-13-8-19-16(20-9-13)24-14-5-3-7-21(10-14)25(22,23)11-12-4-1-2-6-15(12)18/h1-2,4,6,8-9,14H,3,5,7,10-11H2/t14-/m1/s1. The lowest BCUT2D eigenvalue weighted by atomic mass is 10.1. The number of ether oxygens (including phenoxy) is 1. The zero-order chi connectivity index (χ0) is 17.9. The lowest BCUT2D eigenvalue weighted by Crippen LogP contribution is -2.45. The van der Waals surface area contributed by atoms with Gasteiger partial charge in [0.1, 0.15) is 11.9 Å². The molecule has 25 heavy (non-hydrogen) atoms. The Bertz CT molecular complexity index is 833. The SMILES string of the molecule is O=S(=O)(Cc1ccccc1F)N1CCC[C@@H](Oc2ncc(Cl)cn2)C1. The van der Waals surface area contributed by atoms with E-state index in [1.165, 1.54) is 34.9 Å². The smallest absolute Gasteiger partial charge is 0.316 e. The first-order valence-corrected chi connectivity index (χ1v) is 9.78. The topological polar surface area (TPSA) is 72.4 Å². The van der Waals surface area contributed by atoms with Crippen molar-refractivity contribution in [2.45, 2.75) is 24.7 Å². The van der Waals surface area contributed by atoms with Gasteiger partial charge in [-0.2, -0.15) is 4.31 Å². The van der Waals surface area contributed by atoms with Gasteiger partial charge in [-0.1, -0.05) is 29.8 Å². The van der Waals surface area contributed by atoms with Crippen molar-refractivity contribution >= 4 is 21.6 Å². The van der Waals surface area contributed by atoms with E-state index in [4.69, 9.17) is 16.3 Å². The Morgan fingerprint density at radius 3 is 2.72 bits per heavy atom. The lowest BCUT2D eigenvalue weighted by molar-refractivity contribution is 0.119. The summed E-state index contributed by atoms with van der Waals surface area (Å²) in [6.07, 6.45) is 3.82. The van der Waals surface area contributed by atoms with Gasteiger partial charge in [-0.3, -0.25) is 0 Å². The van der Waals surface area contributed by atoms with Gasteiger partial charge in [0.2, 0.25) is 10.0 Å². The second-order valence-corrected chi connectivity index (χ2v) is 8.18. The third-order valence-electron chi connectivity index (χ3n) is 3.90. The zero-order valence-electron chi connectivity index (χ0n) is 13.3. The Morgan fingerprint density at radius 2 is 2.00 bits per heavy atom. The molecule has 1 aromatic carbocycles. The number of piperidine rings is 1. The van der Waals surface area contributed by atoms with Crippen molar-refractivity contribution in [3.8, 4) is 6.01 Å². The van der Waals surface area contributed by atoms with E-state index in [0.717, 1.165) is 0 Å². The number of halogens is 2. The molecule has 0 radical (unpaired) electrons. The predicted octanol–water partition coefficient (Wildman–Crippen LogP) is 2.64. The monoisotopic (exact) mass is 385 g/mol. The van der Waals surface area contributed by atoms with Gasteiger partial charge in [0, 0.05) is 12.1 Å². The van der Waals surface area contributed by atoms with Crippen LogP contribution in [0.2, 0.25) is 5.02 Å². The Labute approximate surface area is 150 Å². The molecule has 3 rings (SSSR count). The molecule has 1 fully saturated rings. The highest BCUT2D eigenvalue weighted by Gasteiger charge is 2.31. The number of aromatic nitrogens is 2. The summed E-state index contributed by atoms with van der Waals surface area (Å²) in [5, 5.41) is 0.394. The highest BCUT2D eigenvalue weighted by molar-refractivity contribution is 7.88. The molecule has 0 amide bonds. The van der Waals surface area contributed by atoms with Gasteiger partial charge in [-0.15, -0.1) is 0 Å². The van der Waals surface area contributed by atoms with Crippen LogP contribution in [0.15, 0.2) is 36.7 Å². The zero-order valence-corrected chi connectivity index (χ0v) is 14.9. The van der Waals surface area contributed by atoms with Crippen LogP contribution in [0, 0.1) is 5.82 Å². The minimum Gasteiger partial charge on any atom is -0.459 e. The van der Waals surface area contributed by atoms with Crippen molar-refractivity contribution in [3.05, 3.63) is 53.1 Å². The van der Waals surface area contributed by atoms with E-state index >= 15 is 0 Å². The summed E-state index contributed by atoms with van der Waals surface area (Å²) < 4.78 is 45.9. The van der Waals surface area contributed by atoms with Crippen molar-refractivity contribution in [1.82, 2.24) is 14.3 Å². The van der Waals surface area contributed by atoms with Crippen LogP contribution >= 0.6 is 11.6 Å². The van der Waals surface area contributed by atoms with Gasteiger partial charge in [0.15, 0.2) is 0 Å². The molecule has 2 heterocycles. The first-order valence-electron chi connectivity index (χ1n) is 7.79. The van der Waals surface area contributed by atoms with Gasteiger partial charge in [0.25, 0.3) is 0 Å². The van der Waals surface area contributed by atoms with Crippen LogP contribution in [0.1, 0.15) is 18.4 Å². The molecule has 1 aliphatic heterocycles. The maximum atomic E-state index is 13.7. The lowest BCUT2D eigenvalue weighted by Gasteiger charge is -2.31. The van der Waals surface area contributed by atoms with Crippen LogP contribution < -0.4 is 4.74 Å². The van der Waals surface area contributed by atoms with Gasteiger partial charge in [-0.05, 0) is 18.9 Å². The van der Waals surface area contributed by atoms with Crippen LogP contribution in [0.3, 0.4) is 0 Å². The van der Waals surface area contributed by atoms with Gasteiger partial charge in [0.05, 0.1) is 29.7 Å². The molecule has 1 saturated heterocycles. The summed E-state index contributed by atoms with van der Waals surface area (Å²) >= 11 is 5.73. The van der Waals surface area contributed by atoms with E-state index in [9.17, 15) is 12.8 Å². The second-order valence-electron chi connectivity index (χ2n) is 5.77. The Balaban J connectivity index is 1.67. The Morgan fingerprint density at radius 1 is 1.28 bits per heavy atom. The summed E-state index contributed by atoms with van der Waals surface area (Å²) in [6.45, 7) is 0.570. The van der Waals surface area contributed by atoms with E-state index in [-0.39, 0.29) is 30.0 Å². The molecular formula is C16H17ClFN3O3S. The molecule has 0 saturated carbocycles. The molecule has 0 spiro atoms. The highest BCUT2D eigenvalue weighted by Crippen LogP contribution is 2.21. The average Bonchev–Trinajstić information content (AvgIpc) is 2.59. The number of benzene rings is 1. The fraction of sp³-hybridized carbons (Fsp3) is 0.375. The summed E-state index contributed by atoms with van der Waals surface area (Å²) in [7, 11) is -3.64. The Hall–Kier alpha value is -1.77. The quantitative estimate of drug-likeness (QED) is 0.791. The summed E-state index contributed by atoms with van der Waals surface area (Å²) in [5.74, 6) is -0.894. The molecule has 0 aliphatic carbocycles. The molecule has 134 valence electrons. The maximum Gasteiger partial charge on any atom is 0.316 e. The fourth-order valence-electron chi connectivity index (χ4n) is 2.67. The minimum atomic E-state index is -3.64. The van der Waals surface area contributed by atoms with Gasteiger partial charge in [-0.25, -0.2) is 22.8 Å². The molecule has 1 aliphatic rings. The van der Waals surface area contributed by atoms with Crippen molar-refractivity contribution in [1.29, 1.82) is 0 Å². The van der Waals surface area contributed by atoms with Crippen LogP contribution in [-0.2, 0) is 15.8 Å². The number of hydrogen-bond acceptors (Lipinski definition) is 5. The predicted molar refractivity (Wildman–Crippen MR) is 91.3 cm³/mol. The molecule has 1 aromatic heterocycles. The first kappa shape index (κ1) is 18.0. The minimum absolute atomic E-state index is 0.155. The Kier molecular flexibility index (Phi) is 5.51. The van der Waals surface area contributed by atoms with Gasteiger partial charge < -0.3 is 4.74 Å². The van der Waals surface area contributed by atoms with Crippen molar-refractivity contribution in [2.24, 2.45) is 0 Å². The second kappa shape index (κ2) is 7.63. The summed E-state index contributed by atoms with van der Waals surface area (Å²) in [6, 6.07) is 6.04. The van der Waals surface area contributed by atoms with Crippen LogP contribution in [-0.4, -0.2) is 41.9 Å². The summed E-state index contributed by atoms with van der Waals surface area (Å²) in [4.78, 5) is 7.91. The number of sulfonamides is 1. The van der Waals surface area contributed by atoms with Gasteiger partial charge >= 0.3 is 6.01 Å². The fourth-order valence-corrected chi connectivity index (χ4v) is 4.38. The van der Waals surface area contributed by atoms with E-state index in [2.05, 4.69) is 9.97 Å². The number of nitrogens with zero attached hydrogens (tertiary/aromatic N) is 3. The third kappa shape index (κ3) is 4.65. The molecule has 2 aromatic rings. The van der Waals surface area contributed by atoms with Crippen LogP contribution in [0.25, 0.3) is 0 Å². The van der Waals surface area contributed by atoms with E-state index < -0.39 is 15.8 Å². The largest absolute Gasteiger partial charge is 0.459 e. The van der Waals surface area contributed by atoms with Crippen LogP contribution in [0.4, 0.5) is 4.39 Å². The summed E-state index contributed by atoms with van der Waals surface area (Å²) in [5.41, 5.74) is 0.159.